The second-order valence-electron chi connectivity index (χ2n) is 3.01. The van der Waals surface area contributed by atoms with E-state index in [1.807, 2.05) is 13.8 Å². The molecule has 11 heavy (non-hydrogen) atoms. The number of hydrogen-bond donors (Lipinski definition) is 0. The molecular weight excluding hydrogens is 140 g/mol. The summed E-state index contributed by atoms with van der Waals surface area (Å²) in [5.41, 5.74) is 0. The molecule has 0 fully saturated rings. The molecule has 0 aliphatic carbocycles. The zero-order valence-corrected chi connectivity index (χ0v) is 8.09. The molecule has 1 unspecified atom stereocenters. The van der Waals surface area contributed by atoms with Crippen molar-refractivity contribution in [3.05, 3.63) is 0 Å². The molecule has 0 aliphatic rings. The number of rotatable bonds is 6. The summed E-state index contributed by atoms with van der Waals surface area (Å²) in [5.74, 6) is 0. The van der Waals surface area contributed by atoms with E-state index in [-0.39, 0.29) is 0 Å². The molecule has 0 amide bonds. The summed E-state index contributed by atoms with van der Waals surface area (Å²) < 4.78 is 10.7. The van der Waals surface area contributed by atoms with Gasteiger partial charge in [0, 0.05) is 0 Å². The Morgan fingerprint density at radius 1 is 1.00 bits per heavy atom. The average molecular weight is 160 g/mol. The van der Waals surface area contributed by atoms with Gasteiger partial charge in [0.05, 0.1) is 25.4 Å². The highest BCUT2D eigenvalue weighted by Crippen LogP contribution is 1.95. The standard InChI is InChI=1S/C9H20O2/c1-5-9(4)11-7-6-10-8(2)3/h8-9H,5-7H2,1-4H3. The molecule has 0 aromatic rings. The SMILES string of the molecule is CCC(C)OCCOC(C)C. The van der Waals surface area contributed by atoms with Gasteiger partial charge >= 0.3 is 0 Å². The lowest BCUT2D eigenvalue weighted by atomic mass is 10.3. The third kappa shape index (κ3) is 7.82. The van der Waals surface area contributed by atoms with Crippen molar-refractivity contribution in [3.63, 3.8) is 0 Å². The van der Waals surface area contributed by atoms with Crippen LogP contribution in [-0.4, -0.2) is 25.4 Å². The van der Waals surface area contributed by atoms with E-state index >= 15 is 0 Å². The summed E-state index contributed by atoms with van der Waals surface area (Å²) in [6, 6.07) is 0. The van der Waals surface area contributed by atoms with Crippen molar-refractivity contribution in [1.82, 2.24) is 0 Å². The van der Waals surface area contributed by atoms with Crippen LogP contribution in [0.15, 0.2) is 0 Å². The summed E-state index contributed by atoms with van der Waals surface area (Å²) in [7, 11) is 0. The monoisotopic (exact) mass is 160 g/mol. The minimum Gasteiger partial charge on any atom is -0.376 e. The van der Waals surface area contributed by atoms with Gasteiger partial charge in [0.25, 0.3) is 0 Å². The predicted molar refractivity (Wildman–Crippen MR) is 46.8 cm³/mol. The van der Waals surface area contributed by atoms with Crippen LogP contribution < -0.4 is 0 Å². The van der Waals surface area contributed by atoms with Crippen LogP contribution in [0.25, 0.3) is 0 Å². The highest BCUT2D eigenvalue weighted by atomic mass is 16.5. The molecule has 0 radical (unpaired) electrons. The fourth-order valence-corrected chi connectivity index (χ4v) is 0.651. The predicted octanol–water partition coefficient (Wildman–Crippen LogP) is 2.23. The first-order valence-corrected chi connectivity index (χ1v) is 4.40. The van der Waals surface area contributed by atoms with Gasteiger partial charge in [-0.05, 0) is 27.2 Å². The van der Waals surface area contributed by atoms with Crippen molar-refractivity contribution in [2.75, 3.05) is 13.2 Å². The number of hydrogen-bond acceptors (Lipinski definition) is 2. The molecule has 0 bridgehead atoms. The van der Waals surface area contributed by atoms with Crippen LogP contribution in [0.2, 0.25) is 0 Å². The van der Waals surface area contributed by atoms with E-state index in [1.165, 1.54) is 0 Å². The quantitative estimate of drug-likeness (QED) is 0.555. The van der Waals surface area contributed by atoms with E-state index < -0.39 is 0 Å². The molecule has 0 saturated carbocycles. The Hall–Kier alpha value is -0.0800. The van der Waals surface area contributed by atoms with Gasteiger partial charge in [-0.1, -0.05) is 6.92 Å². The molecule has 0 aromatic heterocycles. The molecule has 0 saturated heterocycles. The molecule has 0 spiro atoms. The molecule has 2 heteroatoms. The van der Waals surface area contributed by atoms with E-state index in [1.54, 1.807) is 0 Å². The molecule has 0 heterocycles. The Balaban J connectivity index is 3.01. The maximum Gasteiger partial charge on any atom is 0.0704 e. The fourth-order valence-electron chi connectivity index (χ4n) is 0.651. The molecular formula is C9H20O2. The van der Waals surface area contributed by atoms with E-state index in [9.17, 15) is 0 Å². The summed E-state index contributed by atoms with van der Waals surface area (Å²) in [6.45, 7) is 9.69. The molecule has 0 N–H and O–H groups in total. The van der Waals surface area contributed by atoms with Crippen LogP contribution in [0, 0.1) is 0 Å². The zero-order valence-electron chi connectivity index (χ0n) is 8.09. The van der Waals surface area contributed by atoms with Gasteiger partial charge in [0.2, 0.25) is 0 Å². The Morgan fingerprint density at radius 3 is 2.00 bits per heavy atom. The molecule has 0 aliphatic heterocycles. The molecule has 0 rings (SSSR count). The molecule has 68 valence electrons. The van der Waals surface area contributed by atoms with Crippen molar-refractivity contribution in [2.24, 2.45) is 0 Å². The van der Waals surface area contributed by atoms with E-state index in [4.69, 9.17) is 9.47 Å². The maximum absolute atomic E-state index is 5.42. The lowest BCUT2D eigenvalue weighted by molar-refractivity contribution is -0.00745. The zero-order chi connectivity index (χ0) is 8.69. The third-order valence-corrected chi connectivity index (χ3v) is 1.51. The normalized spacial score (nSPS) is 13.9. The lowest BCUT2D eigenvalue weighted by Crippen LogP contribution is -2.14. The van der Waals surface area contributed by atoms with Crippen molar-refractivity contribution in [2.45, 2.75) is 46.3 Å². The topological polar surface area (TPSA) is 18.5 Å². The Morgan fingerprint density at radius 2 is 1.55 bits per heavy atom. The molecule has 0 aromatic carbocycles. The highest BCUT2D eigenvalue weighted by Gasteiger charge is 1.97. The maximum atomic E-state index is 5.42. The second kappa shape index (κ2) is 6.62. The van der Waals surface area contributed by atoms with E-state index in [0.717, 1.165) is 6.42 Å². The van der Waals surface area contributed by atoms with Crippen molar-refractivity contribution >= 4 is 0 Å². The van der Waals surface area contributed by atoms with Crippen LogP contribution >= 0.6 is 0 Å². The first-order valence-electron chi connectivity index (χ1n) is 4.40. The molecule has 1 atom stereocenters. The highest BCUT2D eigenvalue weighted by molar-refractivity contribution is 4.44. The minimum absolute atomic E-state index is 0.315. The average Bonchev–Trinajstić information content (AvgIpc) is 1.97. The van der Waals surface area contributed by atoms with Crippen molar-refractivity contribution in [1.29, 1.82) is 0 Å². The van der Waals surface area contributed by atoms with Gasteiger partial charge in [-0.25, -0.2) is 0 Å². The van der Waals surface area contributed by atoms with Crippen LogP contribution in [-0.2, 0) is 9.47 Å². The van der Waals surface area contributed by atoms with Gasteiger partial charge in [-0.15, -0.1) is 0 Å². The smallest absolute Gasteiger partial charge is 0.0704 e. The van der Waals surface area contributed by atoms with E-state index in [2.05, 4.69) is 13.8 Å². The van der Waals surface area contributed by atoms with Gasteiger partial charge in [0.15, 0.2) is 0 Å². The van der Waals surface area contributed by atoms with Crippen LogP contribution in [0.4, 0.5) is 0 Å². The minimum atomic E-state index is 0.315. The van der Waals surface area contributed by atoms with E-state index in [0.29, 0.717) is 25.4 Å². The second-order valence-corrected chi connectivity index (χ2v) is 3.01. The summed E-state index contributed by atoms with van der Waals surface area (Å²) in [4.78, 5) is 0. The molecule has 2 nitrogen and oxygen atoms in total. The Labute approximate surface area is 69.9 Å². The van der Waals surface area contributed by atoms with Gasteiger partial charge in [-0.2, -0.15) is 0 Å². The summed E-state index contributed by atoms with van der Waals surface area (Å²) >= 11 is 0. The third-order valence-electron chi connectivity index (χ3n) is 1.51. The van der Waals surface area contributed by atoms with Crippen molar-refractivity contribution in [3.8, 4) is 0 Å². The first-order chi connectivity index (χ1) is 5.16. The van der Waals surface area contributed by atoms with Crippen LogP contribution in [0.3, 0.4) is 0 Å². The number of ether oxygens (including phenoxy) is 2. The lowest BCUT2D eigenvalue weighted by Gasteiger charge is -2.11. The Kier molecular flexibility index (Phi) is 6.57. The fraction of sp³-hybridized carbons (Fsp3) is 1.00. The van der Waals surface area contributed by atoms with Crippen LogP contribution in [0.1, 0.15) is 34.1 Å². The summed E-state index contributed by atoms with van der Waals surface area (Å²) in [5, 5.41) is 0. The first kappa shape index (κ1) is 10.9. The van der Waals surface area contributed by atoms with Gasteiger partial charge in [-0.3, -0.25) is 0 Å². The summed E-state index contributed by atoms with van der Waals surface area (Å²) in [6.07, 6.45) is 1.75. The van der Waals surface area contributed by atoms with Crippen molar-refractivity contribution < 1.29 is 9.47 Å². The van der Waals surface area contributed by atoms with Gasteiger partial charge in [0.1, 0.15) is 0 Å². The largest absolute Gasteiger partial charge is 0.376 e. The Bertz CT molecular complexity index is 81.6. The van der Waals surface area contributed by atoms with Gasteiger partial charge < -0.3 is 9.47 Å². The van der Waals surface area contributed by atoms with Crippen LogP contribution in [0.5, 0.6) is 0 Å².